The molecule has 0 amide bonds. The standard InChI is InChI=1S/C6H11N3O2S/c1-2-3-9-12(10,11)6-4-7-8-5-6/h4-5,9H,2-3H2,1H3,(H,7,8). The van der Waals surface area contributed by atoms with E-state index in [0.29, 0.717) is 6.54 Å². The van der Waals surface area contributed by atoms with E-state index in [0.717, 1.165) is 6.42 Å². The fourth-order valence-electron chi connectivity index (χ4n) is 0.706. The number of aromatic nitrogens is 2. The van der Waals surface area contributed by atoms with Gasteiger partial charge in [0.2, 0.25) is 10.0 Å². The predicted octanol–water partition coefficient (Wildman–Crippen LogP) is 0.0980. The molecule has 68 valence electrons. The lowest BCUT2D eigenvalue weighted by Gasteiger charge is -2.00. The van der Waals surface area contributed by atoms with Crippen LogP contribution < -0.4 is 4.72 Å². The van der Waals surface area contributed by atoms with Crippen LogP contribution in [-0.4, -0.2) is 25.2 Å². The van der Waals surface area contributed by atoms with Gasteiger partial charge in [-0.1, -0.05) is 6.92 Å². The van der Waals surface area contributed by atoms with Crippen molar-refractivity contribution in [3.05, 3.63) is 12.4 Å². The first-order valence-electron chi connectivity index (χ1n) is 3.65. The van der Waals surface area contributed by atoms with Crippen LogP contribution in [-0.2, 0) is 10.0 Å². The Bertz CT molecular complexity index is 317. The molecule has 0 unspecified atom stereocenters. The van der Waals surface area contributed by atoms with Gasteiger partial charge in [0, 0.05) is 12.7 Å². The second kappa shape index (κ2) is 3.68. The number of sulfonamides is 1. The van der Waals surface area contributed by atoms with Gasteiger partial charge in [-0.15, -0.1) is 0 Å². The molecule has 1 aromatic rings. The van der Waals surface area contributed by atoms with Crippen LogP contribution in [0.4, 0.5) is 0 Å². The van der Waals surface area contributed by atoms with E-state index in [1.165, 1.54) is 12.4 Å². The summed E-state index contributed by atoms with van der Waals surface area (Å²) in [4.78, 5) is 0.177. The van der Waals surface area contributed by atoms with E-state index in [9.17, 15) is 8.42 Å². The van der Waals surface area contributed by atoms with Crippen molar-refractivity contribution >= 4 is 10.0 Å². The molecule has 0 saturated heterocycles. The molecule has 0 saturated carbocycles. The Morgan fingerprint density at radius 2 is 2.42 bits per heavy atom. The molecule has 2 N–H and O–H groups in total. The summed E-state index contributed by atoms with van der Waals surface area (Å²) in [5.74, 6) is 0. The second-order valence-electron chi connectivity index (χ2n) is 2.33. The number of nitrogens with one attached hydrogen (secondary N) is 2. The molecule has 6 heteroatoms. The van der Waals surface area contributed by atoms with Crippen LogP contribution in [0.5, 0.6) is 0 Å². The molecule has 0 atom stereocenters. The van der Waals surface area contributed by atoms with Gasteiger partial charge in [-0.25, -0.2) is 13.1 Å². The number of hydrogen-bond donors (Lipinski definition) is 2. The molecule has 0 aliphatic carbocycles. The minimum Gasteiger partial charge on any atom is -0.284 e. The zero-order valence-electron chi connectivity index (χ0n) is 6.74. The van der Waals surface area contributed by atoms with Gasteiger partial charge in [0.25, 0.3) is 0 Å². The van der Waals surface area contributed by atoms with Crippen molar-refractivity contribution in [1.82, 2.24) is 14.9 Å². The fourth-order valence-corrected chi connectivity index (χ4v) is 1.74. The van der Waals surface area contributed by atoms with Crippen molar-refractivity contribution < 1.29 is 8.42 Å². The highest BCUT2D eigenvalue weighted by molar-refractivity contribution is 7.89. The van der Waals surface area contributed by atoms with Gasteiger partial charge >= 0.3 is 0 Å². The fraction of sp³-hybridized carbons (Fsp3) is 0.500. The summed E-state index contributed by atoms with van der Waals surface area (Å²) in [7, 11) is -3.32. The lowest BCUT2D eigenvalue weighted by atomic mass is 10.5. The lowest BCUT2D eigenvalue weighted by Crippen LogP contribution is -2.23. The molecule has 0 radical (unpaired) electrons. The van der Waals surface area contributed by atoms with Gasteiger partial charge < -0.3 is 0 Å². The van der Waals surface area contributed by atoms with Crippen LogP contribution in [0.25, 0.3) is 0 Å². The van der Waals surface area contributed by atoms with Crippen LogP contribution in [0, 0.1) is 0 Å². The van der Waals surface area contributed by atoms with E-state index in [2.05, 4.69) is 14.9 Å². The minimum absolute atomic E-state index is 0.177. The highest BCUT2D eigenvalue weighted by Crippen LogP contribution is 2.03. The maximum atomic E-state index is 11.3. The third-order valence-electron chi connectivity index (χ3n) is 1.33. The van der Waals surface area contributed by atoms with Crippen molar-refractivity contribution in [3.63, 3.8) is 0 Å². The average molecular weight is 189 g/mol. The van der Waals surface area contributed by atoms with Crippen LogP contribution >= 0.6 is 0 Å². The normalized spacial score (nSPS) is 11.8. The summed E-state index contributed by atoms with van der Waals surface area (Å²) in [6.45, 7) is 2.35. The smallest absolute Gasteiger partial charge is 0.243 e. The third kappa shape index (κ3) is 2.05. The molecule has 5 nitrogen and oxygen atoms in total. The highest BCUT2D eigenvalue weighted by Gasteiger charge is 2.12. The maximum Gasteiger partial charge on any atom is 0.243 e. The third-order valence-corrected chi connectivity index (χ3v) is 2.75. The average Bonchev–Trinajstić information content (AvgIpc) is 2.53. The summed E-state index contributed by atoms with van der Waals surface area (Å²) in [6.07, 6.45) is 3.40. The van der Waals surface area contributed by atoms with Gasteiger partial charge in [-0.05, 0) is 6.42 Å². The molecule has 0 fully saturated rings. The van der Waals surface area contributed by atoms with E-state index in [-0.39, 0.29) is 4.90 Å². The molecule has 1 rings (SSSR count). The Hall–Kier alpha value is -0.880. The highest BCUT2D eigenvalue weighted by atomic mass is 32.2. The first-order chi connectivity index (χ1) is 5.67. The van der Waals surface area contributed by atoms with Crippen LogP contribution in [0.1, 0.15) is 13.3 Å². The number of nitrogens with zero attached hydrogens (tertiary/aromatic N) is 1. The van der Waals surface area contributed by atoms with Gasteiger partial charge in [0.05, 0.1) is 6.20 Å². The predicted molar refractivity (Wildman–Crippen MR) is 44.1 cm³/mol. The Labute approximate surface area is 71.2 Å². The molecular weight excluding hydrogens is 178 g/mol. The van der Waals surface area contributed by atoms with Crippen molar-refractivity contribution in [3.8, 4) is 0 Å². The minimum atomic E-state index is -3.32. The van der Waals surface area contributed by atoms with Crippen molar-refractivity contribution in [2.75, 3.05) is 6.54 Å². The van der Waals surface area contributed by atoms with Crippen LogP contribution in [0.2, 0.25) is 0 Å². The molecule has 1 aromatic heterocycles. The first kappa shape index (κ1) is 9.21. The summed E-state index contributed by atoms with van der Waals surface area (Å²) in [5, 5.41) is 6.00. The van der Waals surface area contributed by atoms with Crippen molar-refractivity contribution in [2.24, 2.45) is 0 Å². The van der Waals surface area contributed by atoms with E-state index < -0.39 is 10.0 Å². The Kier molecular flexibility index (Phi) is 2.83. The first-order valence-corrected chi connectivity index (χ1v) is 5.13. The largest absolute Gasteiger partial charge is 0.284 e. The quantitative estimate of drug-likeness (QED) is 0.705. The molecule has 0 aliphatic rings. The van der Waals surface area contributed by atoms with E-state index in [1.807, 2.05) is 6.92 Å². The number of H-pyrrole nitrogens is 1. The summed E-state index contributed by atoms with van der Waals surface area (Å²) < 4.78 is 25.0. The molecular formula is C6H11N3O2S. The zero-order valence-corrected chi connectivity index (χ0v) is 7.56. The molecule has 1 heterocycles. The summed E-state index contributed by atoms with van der Waals surface area (Å²) in [6, 6.07) is 0. The zero-order chi connectivity index (χ0) is 9.03. The van der Waals surface area contributed by atoms with Crippen molar-refractivity contribution in [1.29, 1.82) is 0 Å². The Morgan fingerprint density at radius 1 is 1.67 bits per heavy atom. The van der Waals surface area contributed by atoms with Gasteiger partial charge in [-0.3, -0.25) is 5.10 Å². The van der Waals surface area contributed by atoms with Crippen molar-refractivity contribution in [2.45, 2.75) is 18.2 Å². The number of rotatable bonds is 4. The molecule has 0 aromatic carbocycles. The van der Waals surface area contributed by atoms with E-state index in [4.69, 9.17) is 0 Å². The SMILES string of the molecule is CCCNS(=O)(=O)c1cn[nH]c1. The van der Waals surface area contributed by atoms with Gasteiger partial charge in [0.1, 0.15) is 4.90 Å². The molecule has 0 aliphatic heterocycles. The number of hydrogen-bond acceptors (Lipinski definition) is 3. The lowest BCUT2D eigenvalue weighted by molar-refractivity contribution is 0.581. The molecule has 0 bridgehead atoms. The molecule has 12 heavy (non-hydrogen) atoms. The number of aromatic amines is 1. The van der Waals surface area contributed by atoms with Gasteiger partial charge in [0.15, 0.2) is 0 Å². The Balaban J connectivity index is 2.74. The monoisotopic (exact) mass is 189 g/mol. The topological polar surface area (TPSA) is 74.8 Å². The Morgan fingerprint density at radius 3 is 2.92 bits per heavy atom. The second-order valence-corrected chi connectivity index (χ2v) is 4.10. The van der Waals surface area contributed by atoms with E-state index in [1.54, 1.807) is 0 Å². The van der Waals surface area contributed by atoms with Crippen LogP contribution in [0.3, 0.4) is 0 Å². The summed E-state index contributed by atoms with van der Waals surface area (Å²) >= 11 is 0. The van der Waals surface area contributed by atoms with Crippen LogP contribution in [0.15, 0.2) is 17.3 Å². The molecule has 0 spiro atoms. The maximum absolute atomic E-state index is 11.3. The summed E-state index contributed by atoms with van der Waals surface area (Å²) in [5.41, 5.74) is 0. The van der Waals surface area contributed by atoms with E-state index >= 15 is 0 Å². The van der Waals surface area contributed by atoms with Gasteiger partial charge in [-0.2, -0.15) is 5.10 Å².